The van der Waals surface area contributed by atoms with Crippen molar-refractivity contribution in [1.29, 1.82) is 0 Å². The Balaban J connectivity index is 1.66. The lowest BCUT2D eigenvalue weighted by molar-refractivity contribution is -0.137. The van der Waals surface area contributed by atoms with Crippen molar-refractivity contribution in [3.05, 3.63) is 59.7 Å². The maximum atomic E-state index is 12.8. The zero-order valence-electron chi connectivity index (χ0n) is 14.4. The van der Waals surface area contributed by atoms with Crippen LogP contribution >= 0.6 is 0 Å². The van der Waals surface area contributed by atoms with E-state index in [-0.39, 0.29) is 18.1 Å². The summed E-state index contributed by atoms with van der Waals surface area (Å²) >= 11 is 0. The molecule has 0 saturated carbocycles. The maximum absolute atomic E-state index is 12.8. The highest BCUT2D eigenvalue weighted by Gasteiger charge is 2.30. The second-order valence-electron chi connectivity index (χ2n) is 6.30. The van der Waals surface area contributed by atoms with Crippen molar-refractivity contribution >= 4 is 17.3 Å². The molecule has 0 saturated heterocycles. The minimum absolute atomic E-state index is 0.0484. The molecule has 0 spiro atoms. The molecular weight excluding hydrogens is 343 g/mol. The van der Waals surface area contributed by atoms with Crippen molar-refractivity contribution in [3.63, 3.8) is 0 Å². The molecule has 2 aromatic carbocycles. The van der Waals surface area contributed by atoms with E-state index in [4.69, 9.17) is 0 Å². The van der Waals surface area contributed by atoms with Crippen molar-refractivity contribution in [1.82, 2.24) is 4.90 Å². The van der Waals surface area contributed by atoms with E-state index in [1.807, 2.05) is 31.3 Å². The van der Waals surface area contributed by atoms with Crippen LogP contribution in [0, 0.1) is 0 Å². The normalized spacial score (nSPS) is 14.6. The predicted octanol–water partition coefficient (Wildman–Crippen LogP) is 3.60. The molecule has 1 aliphatic heterocycles. The number of para-hydroxylation sites is 1. The van der Waals surface area contributed by atoms with Gasteiger partial charge in [-0.1, -0.05) is 24.3 Å². The smallest absolute Gasteiger partial charge is 0.376 e. The van der Waals surface area contributed by atoms with Gasteiger partial charge in [0.2, 0.25) is 5.91 Å². The molecule has 1 N–H and O–H groups in total. The monoisotopic (exact) mass is 363 g/mol. The lowest BCUT2D eigenvalue weighted by atomic mass is 10.1. The fourth-order valence-corrected chi connectivity index (χ4v) is 3.00. The highest BCUT2D eigenvalue weighted by molar-refractivity contribution is 5.81. The molecule has 0 unspecified atom stereocenters. The highest BCUT2D eigenvalue weighted by atomic mass is 19.4. The third-order valence-corrected chi connectivity index (χ3v) is 4.46. The summed E-state index contributed by atoms with van der Waals surface area (Å²) in [5, 5.41) is 2.80. The van der Waals surface area contributed by atoms with Gasteiger partial charge in [0.1, 0.15) is 0 Å². The summed E-state index contributed by atoms with van der Waals surface area (Å²) < 4.78 is 38.3. The zero-order valence-corrected chi connectivity index (χ0v) is 14.4. The SMILES string of the molecule is CN1CCN(C(=O)CNc2cccc(C(F)(F)F)c2)Cc2ccccc21. The van der Waals surface area contributed by atoms with E-state index in [1.54, 1.807) is 4.90 Å². The molecule has 0 aliphatic carbocycles. The molecule has 7 heteroatoms. The largest absolute Gasteiger partial charge is 0.416 e. The van der Waals surface area contributed by atoms with Crippen LogP contribution in [0.25, 0.3) is 0 Å². The lowest BCUT2D eigenvalue weighted by Crippen LogP contribution is -2.37. The molecule has 138 valence electrons. The predicted molar refractivity (Wildman–Crippen MR) is 95.1 cm³/mol. The number of nitrogens with one attached hydrogen (secondary N) is 1. The molecule has 0 bridgehead atoms. The quantitative estimate of drug-likeness (QED) is 0.905. The van der Waals surface area contributed by atoms with Crippen LogP contribution in [-0.2, 0) is 17.5 Å². The molecule has 0 fully saturated rings. The van der Waals surface area contributed by atoms with Crippen LogP contribution in [0.3, 0.4) is 0 Å². The number of hydrogen-bond acceptors (Lipinski definition) is 3. The second-order valence-corrected chi connectivity index (χ2v) is 6.30. The first-order valence-electron chi connectivity index (χ1n) is 8.32. The van der Waals surface area contributed by atoms with E-state index in [2.05, 4.69) is 10.2 Å². The van der Waals surface area contributed by atoms with Gasteiger partial charge >= 0.3 is 6.18 Å². The number of nitrogens with zero attached hydrogens (tertiary/aromatic N) is 2. The molecule has 4 nitrogen and oxygen atoms in total. The molecule has 26 heavy (non-hydrogen) atoms. The van der Waals surface area contributed by atoms with Crippen molar-refractivity contribution in [2.24, 2.45) is 0 Å². The topological polar surface area (TPSA) is 35.6 Å². The first kappa shape index (κ1) is 18.1. The van der Waals surface area contributed by atoms with Gasteiger partial charge in [0, 0.05) is 38.1 Å². The van der Waals surface area contributed by atoms with Crippen LogP contribution in [0.5, 0.6) is 0 Å². The molecule has 0 radical (unpaired) electrons. The molecule has 1 aliphatic rings. The minimum atomic E-state index is -4.40. The number of alkyl halides is 3. The van der Waals surface area contributed by atoms with Crippen molar-refractivity contribution in [2.45, 2.75) is 12.7 Å². The Hall–Kier alpha value is -2.70. The Bertz CT molecular complexity index is 792. The fraction of sp³-hybridized carbons (Fsp3) is 0.316. The molecule has 1 heterocycles. The van der Waals surface area contributed by atoms with E-state index in [9.17, 15) is 18.0 Å². The van der Waals surface area contributed by atoms with E-state index in [1.165, 1.54) is 12.1 Å². The Morgan fingerprint density at radius 3 is 2.65 bits per heavy atom. The minimum Gasteiger partial charge on any atom is -0.376 e. The Kier molecular flexibility index (Phi) is 5.06. The van der Waals surface area contributed by atoms with Crippen molar-refractivity contribution < 1.29 is 18.0 Å². The number of amides is 1. The third kappa shape index (κ3) is 4.09. The number of halogens is 3. The summed E-state index contributed by atoms with van der Waals surface area (Å²) in [6.07, 6.45) is -4.40. The van der Waals surface area contributed by atoms with Gasteiger partial charge in [-0.3, -0.25) is 4.79 Å². The van der Waals surface area contributed by atoms with Gasteiger partial charge in [0.25, 0.3) is 0 Å². The zero-order chi connectivity index (χ0) is 18.7. The summed E-state index contributed by atoms with van der Waals surface area (Å²) in [7, 11) is 1.98. The number of likely N-dealkylation sites (N-methyl/N-ethyl adjacent to an activating group) is 1. The number of hydrogen-bond donors (Lipinski definition) is 1. The molecular formula is C19H20F3N3O. The fourth-order valence-electron chi connectivity index (χ4n) is 3.00. The first-order chi connectivity index (χ1) is 12.3. The van der Waals surface area contributed by atoms with Gasteiger partial charge in [0.05, 0.1) is 12.1 Å². The molecule has 2 aromatic rings. The van der Waals surface area contributed by atoms with E-state index < -0.39 is 11.7 Å². The van der Waals surface area contributed by atoms with Crippen LogP contribution in [0.15, 0.2) is 48.5 Å². The third-order valence-electron chi connectivity index (χ3n) is 4.46. The number of rotatable bonds is 3. The van der Waals surface area contributed by atoms with Gasteiger partial charge in [-0.25, -0.2) is 0 Å². The van der Waals surface area contributed by atoms with Crippen LogP contribution in [0.1, 0.15) is 11.1 Å². The van der Waals surface area contributed by atoms with Gasteiger partial charge in [-0.2, -0.15) is 13.2 Å². The van der Waals surface area contributed by atoms with Crippen LogP contribution in [0.4, 0.5) is 24.5 Å². The van der Waals surface area contributed by atoms with E-state index >= 15 is 0 Å². The standard InChI is InChI=1S/C19H20F3N3O/c1-24-9-10-25(13-14-5-2-3-8-17(14)24)18(26)12-23-16-7-4-6-15(11-16)19(20,21)22/h2-8,11,23H,9-10,12-13H2,1H3. The average Bonchev–Trinajstić information content (AvgIpc) is 2.79. The van der Waals surface area contributed by atoms with Crippen LogP contribution in [-0.4, -0.2) is 37.5 Å². The maximum Gasteiger partial charge on any atom is 0.416 e. The van der Waals surface area contributed by atoms with Gasteiger partial charge in [-0.05, 0) is 29.8 Å². The Morgan fingerprint density at radius 1 is 1.12 bits per heavy atom. The van der Waals surface area contributed by atoms with Crippen LogP contribution in [0.2, 0.25) is 0 Å². The number of carbonyl (C=O) groups excluding carboxylic acids is 1. The average molecular weight is 363 g/mol. The summed E-state index contributed by atoms with van der Waals surface area (Å²) in [5.74, 6) is -0.146. The molecule has 3 rings (SSSR count). The molecule has 1 amide bonds. The van der Waals surface area contributed by atoms with E-state index in [0.717, 1.165) is 23.4 Å². The summed E-state index contributed by atoms with van der Waals surface area (Å²) in [4.78, 5) is 16.4. The summed E-state index contributed by atoms with van der Waals surface area (Å²) in [6, 6.07) is 12.8. The number of benzene rings is 2. The van der Waals surface area contributed by atoms with Crippen LogP contribution < -0.4 is 10.2 Å². The molecule has 0 atom stereocenters. The Morgan fingerprint density at radius 2 is 1.88 bits per heavy atom. The summed E-state index contributed by atoms with van der Waals surface area (Å²) in [6.45, 7) is 1.71. The Labute approximate surface area is 150 Å². The molecule has 0 aromatic heterocycles. The first-order valence-corrected chi connectivity index (χ1v) is 8.32. The van der Waals surface area contributed by atoms with Crippen molar-refractivity contribution in [3.8, 4) is 0 Å². The van der Waals surface area contributed by atoms with E-state index in [0.29, 0.717) is 19.6 Å². The second kappa shape index (κ2) is 7.27. The van der Waals surface area contributed by atoms with Crippen molar-refractivity contribution in [2.75, 3.05) is 36.9 Å². The number of fused-ring (bicyclic) bond motifs is 1. The van der Waals surface area contributed by atoms with Gasteiger partial charge in [0.15, 0.2) is 0 Å². The van der Waals surface area contributed by atoms with Gasteiger partial charge < -0.3 is 15.1 Å². The lowest BCUT2D eigenvalue weighted by Gasteiger charge is -2.21. The number of carbonyl (C=O) groups is 1. The number of anilines is 2. The van der Waals surface area contributed by atoms with Gasteiger partial charge in [-0.15, -0.1) is 0 Å². The highest BCUT2D eigenvalue weighted by Crippen LogP contribution is 2.30. The summed E-state index contributed by atoms with van der Waals surface area (Å²) in [5.41, 5.74) is 1.69.